The molecule has 0 aromatic rings. The maximum Gasteiger partial charge on any atom is 0.0175 e. The van der Waals surface area contributed by atoms with Crippen LogP contribution in [-0.2, 0) is 0 Å². The van der Waals surface area contributed by atoms with Crippen LogP contribution in [0.15, 0.2) is 11.8 Å². The average Bonchev–Trinajstić information content (AvgIpc) is 2.18. The highest BCUT2D eigenvalue weighted by Gasteiger charge is 2.10. The Kier molecular flexibility index (Phi) is 2.15. The Bertz CT molecular complexity index is 116. The minimum absolute atomic E-state index is 1.18. The Morgan fingerprint density at radius 2 is 2.44 bits per heavy atom. The lowest BCUT2D eigenvalue weighted by Gasteiger charge is -2.11. The molecule has 1 aliphatic rings. The number of hydrogen-bond acceptors (Lipinski definition) is 1. The van der Waals surface area contributed by atoms with E-state index >= 15 is 0 Å². The van der Waals surface area contributed by atoms with E-state index in [0.717, 1.165) is 0 Å². The van der Waals surface area contributed by atoms with Gasteiger partial charge >= 0.3 is 0 Å². The van der Waals surface area contributed by atoms with E-state index in [9.17, 15) is 0 Å². The molecule has 0 radical (unpaired) electrons. The first-order chi connectivity index (χ1) is 4.34. The number of likely N-dealkylation sites (tertiary alicyclic amines) is 1. The minimum Gasteiger partial charge on any atom is -0.378 e. The lowest BCUT2D eigenvalue weighted by molar-refractivity contribution is 0.479. The Hall–Kier alpha value is -0.460. The molecule has 0 N–H and O–H groups in total. The summed E-state index contributed by atoms with van der Waals surface area (Å²) in [7, 11) is 2.18. The summed E-state index contributed by atoms with van der Waals surface area (Å²) >= 11 is 0. The van der Waals surface area contributed by atoms with Gasteiger partial charge in [-0.1, -0.05) is 13.0 Å². The lowest BCUT2D eigenvalue weighted by atomic mass is 10.3. The van der Waals surface area contributed by atoms with Gasteiger partial charge in [-0.2, -0.15) is 0 Å². The van der Waals surface area contributed by atoms with Crippen molar-refractivity contribution in [2.75, 3.05) is 13.6 Å². The van der Waals surface area contributed by atoms with E-state index in [1.807, 2.05) is 0 Å². The smallest absolute Gasteiger partial charge is 0.0175 e. The van der Waals surface area contributed by atoms with Gasteiger partial charge in [-0.25, -0.2) is 0 Å². The molecule has 1 fully saturated rings. The Morgan fingerprint density at radius 3 is 2.89 bits per heavy atom. The largest absolute Gasteiger partial charge is 0.378 e. The quantitative estimate of drug-likeness (QED) is 0.518. The molecule has 0 aliphatic carbocycles. The molecule has 0 saturated carbocycles. The summed E-state index contributed by atoms with van der Waals surface area (Å²) in [4.78, 5) is 2.35. The highest BCUT2D eigenvalue weighted by molar-refractivity contribution is 5.03. The predicted molar refractivity (Wildman–Crippen MR) is 40.2 cm³/mol. The number of rotatable bonds is 1. The molecule has 0 aromatic carbocycles. The molecule has 1 saturated heterocycles. The number of hydrogen-bond donors (Lipinski definition) is 0. The van der Waals surface area contributed by atoms with Gasteiger partial charge in [-0.3, -0.25) is 0 Å². The summed E-state index contributed by atoms with van der Waals surface area (Å²) in [6, 6.07) is 0. The topological polar surface area (TPSA) is 3.24 Å². The van der Waals surface area contributed by atoms with Crippen molar-refractivity contribution in [1.29, 1.82) is 0 Å². The predicted octanol–water partition coefficient (Wildman–Crippen LogP) is 2.01. The van der Waals surface area contributed by atoms with E-state index < -0.39 is 0 Å². The van der Waals surface area contributed by atoms with Crippen LogP contribution in [0.2, 0.25) is 0 Å². The van der Waals surface area contributed by atoms with Crippen LogP contribution >= 0.6 is 0 Å². The second-order valence-electron chi connectivity index (χ2n) is 2.63. The third-order valence-corrected chi connectivity index (χ3v) is 1.86. The van der Waals surface area contributed by atoms with Crippen molar-refractivity contribution < 1.29 is 0 Å². The summed E-state index contributed by atoms with van der Waals surface area (Å²) in [5.41, 5.74) is 1.54. The highest BCUT2D eigenvalue weighted by Crippen LogP contribution is 2.18. The highest BCUT2D eigenvalue weighted by atomic mass is 15.1. The Balaban J connectivity index is 2.48. The van der Waals surface area contributed by atoms with Gasteiger partial charge in [0.15, 0.2) is 0 Å². The van der Waals surface area contributed by atoms with Gasteiger partial charge in [-0.15, -0.1) is 0 Å². The minimum atomic E-state index is 1.18. The van der Waals surface area contributed by atoms with E-state index in [2.05, 4.69) is 24.9 Å². The fourth-order valence-electron chi connectivity index (χ4n) is 1.33. The first kappa shape index (κ1) is 6.66. The second-order valence-corrected chi connectivity index (χ2v) is 2.63. The molecular weight excluding hydrogens is 110 g/mol. The number of allylic oxidation sites excluding steroid dienone is 2. The zero-order valence-electron chi connectivity index (χ0n) is 6.35. The van der Waals surface area contributed by atoms with Crippen LogP contribution in [0.4, 0.5) is 0 Å². The van der Waals surface area contributed by atoms with Crippen LogP contribution in [0.25, 0.3) is 0 Å². The van der Waals surface area contributed by atoms with E-state index in [0.29, 0.717) is 0 Å². The summed E-state index contributed by atoms with van der Waals surface area (Å²) in [5, 5.41) is 0. The van der Waals surface area contributed by atoms with Crippen molar-refractivity contribution in [2.45, 2.75) is 26.2 Å². The molecule has 0 atom stereocenters. The van der Waals surface area contributed by atoms with E-state index in [4.69, 9.17) is 0 Å². The van der Waals surface area contributed by atoms with Crippen molar-refractivity contribution in [3.05, 3.63) is 11.8 Å². The Labute approximate surface area is 57.4 Å². The molecule has 0 bridgehead atoms. The molecule has 0 amide bonds. The molecule has 1 heterocycles. The van der Waals surface area contributed by atoms with Crippen molar-refractivity contribution in [1.82, 2.24) is 4.90 Å². The van der Waals surface area contributed by atoms with Crippen molar-refractivity contribution in [2.24, 2.45) is 0 Å². The summed E-state index contributed by atoms with van der Waals surface area (Å²) in [6.07, 6.45) is 6.15. The molecule has 0 spiro atoms. The van der Waals surface area contributed by atoms with Gasteiger partial charge in [-0.05, 0) is 19.3 Å². The SMILES string of the molecule is CCC=C1CCCN1C. The van der Waals surface area contributed by atoms with Crippen LogP contribution in [0.5, 0.6) is 0 Å². The monoisotopic (exact) mass is 125 g/mol. The fourth-order valence-corrected chi connectivity index (χ4v) is 1.33. The third kappa shape index (κ3) is 1.47. The van der Waals surface area contributed by atoms with E-state index in [-0.39, 0.29) is 0 Å². The molecule has 1 nitrogen and oxygen atoms in total. The van der Waals surface area contributed by atoms with Crippen LogP contribution in [-0.4, -0.2) is 18.5 Å². The maximum absolute atomic E-state index is 2.35. The van der Waals surface area contributed by atoms with Crippen LogP contribution in [0.1, 0.15) is 26.2 Å². The average molecular weight is 125 g/mol. The summed E-state index contributed by atoms with van der Waals surface area (Å²) < 4.78 is 0. The Morgan fingerprint density at radius 1 is 1.67 bits per heavy atom. The maximum atomic E-state index is 2.35. The molecule has 1 rings (SSSR count). The molecule has 1 aliphatic heterocycles. The molecule has 1 heteroatoms. The van der Waals surface area contributed by atoms with Crippen molar-refractivity contribution in [3.8, 4) is 0 Å². The van der Waals surface area contributed by atoms with Crippen molar-refractivity contribution >= 4 is 0 Å². The molecular formula is C8H15N. The van der Waals surface area contributed by atoms with Gasteiger partial charge in [0.25, 0.3) is 0 Å². The van der Waals surface area contributed by atoms with Crippen LogP contribution in [0, 0.1) is 0 Å². The zero-order chi connectivity index (χ0) is 6.69. The zero-order valence-corrected chi connectivity index (χ0v) is 6.35. The van der Waals surface area contributed by atoms with Crippen molar-refractivity contribution in [3.63, 3.8) is 0 Å². The van der Waals surface area contributed by atoms with Gasteiger partial charge in [0, 0.05) is 19.3 Å². The first-order valence-corrected chi connectivity index (χ1v) is 3.74. The van der Waals surface area contributed by atoms with Gasteiger partial charge in [0.1, 0.15) is 0 Å². The molecule has 0 aromatic heterocycles. The molecule has 0 unspecified atom stereocenters. The van der Waals surface area contributed by atoms with Crippen LogP contribution < -0.4 is 0 Å². The number of nitrogens with zero attached hydrogens (tertiary/aromatic N) is 1. The van der Waals surface area contributed by atoms with E-state index in [1.54, 1.807) is 0 Å². The summed E-state index contributed by atoms with van der Waals surface area (Å²) in [6.45, 7) is 3.45. The first-order valence-electron chi connectivity index (χ1n) is 3.74. The molecule has 52 valence electrons. The second kappa shape index (κ2) is 2.90. The lowest BCUT2D eigenvalue weighted by Crippen LogP contribution is -2.09. The third-order valence-electron chi connectivity index (χ3n) is 1.86. The standard InChI is InChI=1S/C8H15N/c1-3-5-8-6-4-7-9(8)2/h5H,3-4,6-7H2,1-2H3. The summed E-state index contributed by atoms with van der Waals surface area (Å²) in [5.74, 6) is 0. The van der Waals surface area contributed by atoms with Gasteiger partial charge < -0.3 is 4.90 Å². The normalized spacial score (nSPS) is 23.8. The van der Waals surface area contributed by atoms with Gasteiger partial charge in [0.05, 0.1) is 0 Å². The van der Waals surface area contributed by atoms with Gasteiger partial charge in [0.2, 0.25) is 0 Å². The molecule has 9 heavy (non-hydrogen) atoms. The van der Waals surface area contributed by atoms with Crippen LogP contribution in [0.3, 0.4) is 0 Å². The van der Waals surface area contributed by atoms with E-state index in [1.165, 1.54) is 31.5 Å². The fraction of sp³-hybridized carbons (Fsp3) is 0.750.